The molecule has 36 nitrogen and oxygen atoms in total. The van der Waals surface area contributed by atoms with Crippen molar-refractivity contribution in [1.82, 2.24) is 79.5 Å². The van der Waals surface area contributed by atoms with E-state index in [1.807, 2.05) is 68.5 Å². The largest absolute Gasteiger partial charge is 0.508 e. The summed E-state index contributed by atoms with van der Waals surface area (Å²) in [5.74, 6) is -6.27. The molecule has 36 heteroatoms. The summed E-state index contributed by atoms with van der Waals surface area (Å²) in [5, 5.41) is 69.4. The summed E-state index contributed by atoms with van der Waals surface area (Å²) >= 11 is 0. The number of phenols is 1. The first-order valence-electron chi connectivity index (χ1n) is 45.5. The number of hydrogen-bond donors (Lipinski definition) is 20. The number of carbonyl (C=O) groups excluding carboxylic acids is 16. The second-order valence-corrected chi connectivity index (χ2v) is 35.7. The van der Waals surface area contributed by atoms with Crippen LogP contribution in [-0.4, -0.2) is 237 Å². The lowest BCUT2D eigenvalue weighted by molar-refractivity contribution is -0.138. The minimum absolute atomic E-state index is 0.00840. The molecule has 1 aliphatic heterocycles. The number of aliphatic hydroxyl groups excluding tert-OH is 2. The van der Waals surface area contributed by atoms with Crippen LogP contribution in [0.2, 0.25) is 0 Å². The van der Waals surface area contributed by atoms with Crippen molar-refractivity contribution in [3.8, 4) is 5.75 Å². The predicted molar refractivity (Wildman–Crippen MR) is 498 cm³/mol. The number of amides is 9. The Hall–Kier alpha value is -11.5. The molecule has 0 saturated heterocycles. The number of para-hydroxylation sites is 1. The van der Waals surface area contributed by atoms with E-state index in [0.717, 1.165) is 5.56 Å². The Morgan fingerprint density at radius 3 is 1.80 bits per heavy atom. The highest BCUT2D eigenvalue weighted by molar-refractivity contribution is 6.07. The molecule has 22 N–H and O–H groups in total. The highest BCUT2D eigenvalue weighted by atomic mass is 16.3. The molecule has 4 aromatic carbocycles. The van der Waals surface area contributed by atoms with Crippen molar-refractivity contribution in [2.45, 2.75) is 288 Å². The van der Waals surface area contributed by atoms with E-state index in [1.165, 1.54) is 60.6 Å². The Bertz CT molecular complexity index is 4720. The summed E-state index contributed by atoms with van der Waals surface area (Å²) < 4.78 is 0. The third-order valence-corrected chi connectivity index (χ3v) is 23.5. The summed E-state index contributed by atoms with van der Waals surface area (Å²) in [7, 11) is 0. The molecule has 0 bridgehead atoms. The summed E-state index contributed by atoms with van der Waals surface area (Å²) in [6.45, 7) is 14.5. The maximum Gasteiger partial charge on any atom is 0.246 e. The van der Waals surface area contributed by atoms with E-state index in [4.69, 9.17) is 11.6 Å². The molecule has 15 atom stereocenters. The summed E-state index contributed by atoms with van der Waals surface area (Å²) in [5.41, 5.74) is 7.74. The van der Waals surface area contributed by atoms with Crippen LogP contribution in [0.1, 0.15) is 195 Å². The molecule has 132 heavy (non-hydrogen) atoms. The van der Waals surface area contributed by atoms with Gasteiger partial charge in [0.25, 0.3) is 0 Å². The van der Waals surface area contributed by atoms with Gasteiger partial charge in [0.1, 0.15) is 41.5 Å². The van der Waals surface area contributed by atoms with E-state index in [1.54, 1.807) is 74.6 Å². The number of rotatable bonds is 35. The van der Waals surface area contributed by atoms with Crippen molar-refractivity contribution in [3.05, 3.63) is 150 Å². The average Bonchev–Trinajstić information content (AvgIpc) is 1.73. The number of nitrogens with one attached hydrogen (secondary N) is 15. The number of phenolic OH excluding ortho intramolecular Hbond substituents is 1. The molecule has 1 aromatic heterocycles. The maximum absolute atomic E-state index is 15.1. The van der Waals surface area contributed by atoms with Gasteiger partial charge in [0, 0.05) is 50.0 Å². The van der Waals surface area contributed by atoms with Crippen molar-refractivity contribution >= 4 is 105 Å². The molecule has 0 radical (unpaired) electrons. The van der Waals surface area contributed by atoms with Crippen LogP contribution in [0.4, 0.5) is 0 Å². The number of ketones is 7. The van der Waals surface area contributed by atoms with Crippen LogP contribution in [-0.2, 0) is 102 Å². The number of fused-ring (bicyclic) bond motifs is 1. The smallest absolute Gasteiger partial charge is 0.246 e. The maximum atomic E-state index is 15.1. The van der Waals surface area contributed by atoms with Gasteiger partial charge in [0.15, 0.2) is 40.5 Å². The van der Waals surface area contributed by atoms with Gasteiger partial charge in [0.2, 0.25) is 53.2 Å². The molecule has 1 aliphatic rings. The molecule has 6 rings (SSSR count). The summed E-state index contributed by atoms with van der Waals surface area (Å²) in [6, 6.07) is 15.7. The number of aromatic nitrogens is 1. The molecule has 5 aromatic rings. The second-order valence-electron chi connectivity index (χ2n) is 35.7. The summed E-state index contributed by atoms with van der Waals surface area (Å²) in [4.78, 5) is 230. The van der Waals surface area contributed by atoms with Crippen molar-refractivity contribution in [3.63, 3.8) is 0 Å². The highest BCUT2D eigenvalue weighted by Crippen LogP contribution is 2.25. The van der Waals surface area contributed by atoms with E-state index in [-0.39, 0.29) is 107 Å². The van der Waals surface area contributed by atoms with Gasteiger partial charge in [0.05, 0.1) is 93.0 Å². The lowest BCUT2D eigenvalue weighted by Gasteiger charge is -2.33. The lowest BCUT2D eigenvalue weighted by atomic mass is 9.88. The number of hydrogen-bond acceptors (Lipinski definition) is 26. The Morgan fingerprint density at radius 2 is 1.17 bits per heavy atom. The first-order valence-corrected chi connectivity index (χ1v) is 45.5. The fourth-order valence-corrected chi connectivity index (χ4v) is 15.2. The number of H-pyrrole nitrogens is 1. The first kappa shape index (κ1) is 109. The Balaban J connectivity index is 1.34. The van der Waals surface area contributed by atoms with Gasteiger partial charge in [-0.1, -0.05) is 150 Å². The van der Waals surface area contributed by atoms with Gasteiger partial charge in [-0.3, -0.25) is 98.5 Å². The van der Waals surface area contributed by atoms with E-state index in [0.29, 0.717) is 66.1 Å². The minimum atomic E-state index is -1.90. The minimum Gasteiger partial charge on any atom is -0.508 e. The molecular weight excluding hydrogens is 1700 g/mol. The van der Waals surface area contributed by atoms with Gasteiger partial charge < -0.3 is 79.2 Å². The SMILES string of the molecule is CC(=O)N[C@@H](CC(C)C)C(=O)N[C@H](C(=O)N[C@@H](Cc1ccccc1)C(=O)N[C@]1(C)CCCCCCC=CCCC[C@@](C)(C(=O)N[C@@H](CO)C(=O)CC(=O)[C@H](C)NCC(=O)[C@H](Cc2ccccc2)NN)NC(=O)[C@H](CC(C)C)NC(=O)[C@H](CCC(N)=O)NCN[C@@H](C)C(=O)CC(=O)[C@H](Cc2c[nH]c3ccccc23)NC(=O)[C@H](Cc2ccc(O)cc2)NCC(=O)[C@H](C)NCC1=O)[C@@H](C)O. The Morgan fingerprint density at radius 1 is 0.561 bits per heavy atom. The van der Waals surface area contributed by atoms with Gasteiger partial charge in [-0.2, -0.15) is 0 Å². The number of aromatic amines is 1. The van der Waals surface area contributed by atoms with Crippen LogP contribution >= 0.6 is 0 Å². The second kappa shape index (κ2) is 55.1. The predicted octanol–water partition coefficient (Wildman–Crippen LogP) is 2.04. The fourth-order valence-electron chi connectivity index (χ4n) is 15.2. The van der Waals surface area contributed by atoms with Crippen LogP contribution in [0.5, 0.6) is 5.75 Å². The number of allylic oxidation sites excluding steroid dienone is 2. The van der Waals surface area contributed by atoms with Gasteiger partial charge in [-0.05, 0) is 164 Å². The molecule has 0 unspecified atom stereocenters. The zero-order chi connectivity index (χ0) is 97.4. The molecule has 9 amide bonds. The van der Waals surface area contributed by atoms with E-state index in [9.17, 15) is 77.6 Å². The van der Waals surface area contributed by atoms with Gasteiger partial charge in [-0.15, -0.1) is 0 Å². The molecule has 722 valence electrons. The standard InChI is InChI=1S/C96H139N17O19/c1-57(2)43-75(105-63(9)116)90(128)110-87(62(8)115)93(131)108-77(47-65-31-23-20-24-32-65)92(130)111-95(10)41-27-17-15-13-12-14-16-18-28-42-96(11,94(132)109-78(55-114)82(121)50-79(118)59(5)99-53-84(123)73(113-98)45-64-29-21-19-22-30-64)112-91(129)76(44-58(3)4)107-88(126)71(39-40-86(97)125)104-56-103-60(6)80(119)49-81(120)72(48-67-51-101-70-34-26-25-33-69(67)70)106-89(127)74(46-66-35-37-68(117)38-36-66)102-52-83(122)61(7)100-54-85(95)124/h14,16,19-26,29-38,51,57-62,71-78,87,99-104,113-115,117H,12-13,15,17-18,27-28,39-50,52-56,98H2,1-11H3,(H2,97,125)(H,105,116)(H,106,127)(H,107,126)(H,108,131)(H,109,132)(H,110,128)(H,111,130)(H,112,129)/t59-,60-,61-,62+,71-,72-,73-,74-,75-,76-,77-,78-,87-,95+,96-/m0/s1. The van der Waals surface area contributed by atoms with Crippen molar-refractivity contribution in [2.24, 2.45) is 23.4 Å². The van der Waals surface area contributed by atoms with Crippen LogP contribution in [0.25, 0.3) is 10.9 Å². The molecule has 0 fully saturated rings. The molecule has 0 aliphatic carbocycles. The van der Waals surface area contributed by atoms with Crippen LogP contribution < -0.4 is 86.1 Å². The van der Waals surface area contributed by atoms with Crippen LogP contribution in [0.15, 0.2) is 128 Å². The lowest BCUT2D eigenvalue weighted by Crippen LogP contribution is -2.63. The highest BCUT2D eigenvalue weighted by Gasteiger charge is 2.42. The third kappa shape index (κ3) is 36.9. The van der Waals surface area contributed by atoms with E-state index in [2.05, 4.69) is 79.5 Å². The molecule has 0 saturated carbocycles. The first-order chi connectivity index (χ1) is 62.6. The summed E-state index contributed by atoms with van der Waals surface area (Å²) in [6.07, 6.45) is 5.07. The van der Waals surface area contributed by atoms with E-state index < -0.39 is 210 Å². The number of Topliss-reactive ketones (excluding diaryl/α,β-unsaturated/α-hetero) is 7. The average molecular weight is 1840 g/mol. The fraction of sp³-hybridized carbons (Fsp3) is 0.542. The quantitative estimate of drug-likeness (QED) is 0.0119. The number of carbonyl (C=O) groups is 16. The van der Waals surface area contributed by atoms with Crippen molar-refractivity contribution < 1.29 is 92.0 Å². The molecular formula is C96H139N17O19. The third-order valence-electron chi connectivity index (χ3n) is 23.5. The van der Waals surface area contributed by atoms with Crippen molar-refractivity contribution in [2.75, 3.05) is 32.9 Å². The number of aromatic hydroxyl groups is 1. The number of nitrogens with two attached hydrogens (primary N) is 2. The van der Waals surface area contributed by atoms with Crippen molar-refractivity contribution in [1.29, 1.82) is 0 Å². The number of aliphatic hydroxyl groups is 2. The van der Waals surface area contributed by atoms with Crippen LogP contribution in [0, 0.1) is 11.8 Å². The topological polar surface area (TPSA) is 570 Å². The zero-order valence-corrected chi connectivity index (χ0v) is 77.8. The number of benzene rings is 4. The number of primary amides is 1. The monoisotopic (exact) mass is 1830 g/mol. The molecule has 2 heterocycles. The van der Waals surface area contributed by atoms with E-state index >= 15 is 14.4 Å². The Kier molecular flexibility index (Phi) is 45.6. The molecule has 0 spiro atoms. The Labute approximate surface area is 772 Å². The van der Waals surface area contributed by atoms with Gasteiger partial charge in [-0.25, -0.2) is 5.43 Å². The normalized spacial score (nSPS) is 22.2. The number of hydrazine groups is 1. The van der Waals surface area contributed by atoms with Gasteiger partial charge >= 0.3 is 0 Å². The van der Waals surface area contributed by atoms with Crippen LogP contribution in [0.3, 0.4) is 0 Å². The zero-order valence-electron chi connectivity index (χ0n) is 77.8.